The molecule has 0 spiro atoms. The number of benzene rings is 3. The van der Waals surface area contributed by atoms with Crippen LogP contribution in [-0.4, -0.2) is 68.6 Å². The maximum absolute atomic E-state index is 13.3. The number of para-hydroxylation sites is 1. The zero-order valence-corrected chi connectivity index (χ0v) is 19.1. The third-order valence-electron chi connectivity index (χ3n) is 5.57. The number of carbonyl (C=O) groups excluding carboxylic acids is 1. The molecule has 6 nitrogen and oxygen atoms in total. The molecule has 3 aromatic carbocycles. The fourth-order valence-corrected chi connectivity index (χ4v) is 3.98. The summed E-state index contributed by atoms with van der Waals surface area (Å²) in [4.78, 5) is 32.9. The van der Waals surface area contributed by atoms with E-state index in [1.165, 1.54) is 0 Å². The molecule has 0 saturated carbocycles. The molecule has 4 rings (SSSR count). The molecule has 6 heteroatoms. The van der Waals surface area contributed by atoms with E-state index < -0.39 is 5.97 Å². The lowest BCUT2D eigenvalue weighted by Crippen LogP contribution is -2.19. The highest BCUT2D eigenvalue weighted by Gasteiger charge is 2.22. The van der Waals surface area contributed by atoms with Crippen molar-refractivity contribution in [3.05, 3.63) is 65.7 Å². The van der Waals surface area contributed by atoms with Crippen molar-refractivity contribution in [2.75, 3.05) is 47.9 Å². The molecule has 4 aromatic rings. The van der Waals surface area contributed by atoms with E-state index in [0.717, 1.165) is 51.1 Å². The molecule has 0 bridgehead atoms. The van der Waals surface area contributed by atoms with Gasteiger partial charge in [0, 0.05) is 23.9 Å². The van der Waals surface area contributed by atoms with Crippen LogP contribution in [0.15, 0.2) is 54.6 Å². The minimum atomic E-state index is -0.492. The Kier molecular flexibility index (Phi) is 6.65. The van der Waals surface area contributed by atoms with E-state index in [-0.39, 0.29) is 0 Å². The second kappa shape index (κ2) is 9.61. The molecule has 0 aliphatic heterocycles. The Bertz CT molecular complexity index is 1260. The molecular weight excluding hydrogens is 402 g/mol. The number of nitrogens with zero attached hydrogens (tertiary/aromatic N) is 3. The molecule has 0 radical (unpaired) electrons. The standard InChI is InChI=1S/C26H29N3O3/c1-28(2)14-13-20-19-10-6-5-9-18(19)17-23-24(20)25(21-11-7-8-12-22(21)27-23)26(30)32-31-16-15-29(3)4/h5-12,17H,13-16H2,1-4H3. The third kappa shape index (κ3) is 4.58. The number of pyridine rings is 1. The van der Waals surface area contributed by atoms with Crippen molar-refractivity contribution >= 4 is 38.5 Å². The molecule has 32 heavy (non-hydrogen) atoms. The predicted molar refractivity (Wildman–Crippen MR) is 129 cm³/mol. The summed E-state index contributed by atoms with van der Waals surface area (Å²) < 4.78 is 0. The zero-order valence-electron chi connectivity index (χ0n) is 19.1. The van der Waals surface area contributed by atoms with Crippen molar-refractivity contribution in [2.24, 2.45) is 0 Å². The van der Waals surface area contributed by atoms with Gasteiger partial charge in [-0.15, -0.1) is 0 Å². The second-order valence-corrected chi connectivity index (χ2v) is 8.52. The largest absolute Gasteiger partial charge is 0.374 e. The van der Waals surface area contributed by atoms with Gasteiger partial charge in [0.05, 0.1) is 16.6 Å². The van der Waals surface area contributed by atoms with Gasteiger partial charge in [-0.1, -0.05) is 42.5 Å². The van der Waals surface area contributed by atoms with Crippen LogP contribution < -0.4 is 0 Å². The maximum Gasteiger partial charge on any atom is 0.374 e. The Labute approximate surface area is 188 Å². The monoisotopic (exact) mass is 431 g/mol. The van der Waals surface area contributed by atoms with E-state index >= 15 is 0 Å². The minimum Gasteiger partial charge on any atom is -0.309 e. The highest BCUT2D eigenvalue weighted by Crippen LogP contribution is 2.34. The van der Waals surface area contributed by atoms with Crippen molar-refractivity contribution in [1.82, 2.24) is 14.8 Å². The number of aromatic nitrogens is 1. The molecule has 1 aromatic heterocycles. The lowest BCUT2D eigenvalue weighted by Gasteiger charge is -2.17. The molecule has 0 amide bonds. The lowest BCUT2D eigenvalue weighted by atomic mass is 9.92. The van der Waals surface area contributed by atoms with Crippen LogP contribution in [0.3, 0.4) is 0 Å². The summed E-state index contributed by atoms with van der Waals surface area (Å²) >= 11 is 0. The number of hydrogen-bond acceptors (Lipinski definition) is 6. The Morgan fingerprint density at radius 2 is 1.56 bits per heavy atom. The van der Waals surface area contributed by atoms with E-state index in [1.807, 2.05) is 55.4 Å². The fraction of sp³-hybridized carbons (Fsp3) is 0.308. The molecule has 166 valence electrons. The predicted octanol–water partition coefficient (Wildman–Crippen LogP) is 4.30. The van der Waals surface area contributed by atoms with Crippen LogP contribution >= 0.6 is 0 Å². The van der Waals surface area contributed by atoms with Crippen molar-refractivity contribution in [3.63, 3.8) is 0 Å². The Hall–Kier alpha value is -3.06. The summed E-state index contributed by atoms with van der Waals surface area (Å²) in [6.45, 7) is 1.81. The molecule has 0 unspecified atom stereocenters. The first-order valence-corrected chi connectivity index (χ1v) is 10.8. The molecule has 0 N–H and O–H groups in total. The van der Waals surface area contributed by atoms with Crippen molar-refractivity contribution in [3.8, 4) is 0 Å². The van der Waals surface area contributed by atoms with Gasteiger partial charge in [0.1, 0.15) is 6.61 Å². The second-order valence-electron chi connectivity index (χ2n) is 8.52. The summed E-state index contributed by atoms with van der Waals surface area (Å²) in [5.74, 6) is -0.492. The van der Waals surface area contributed by atoms with Crippen LogP contribution in [0.2, 0.25) is 0 Å². The molecule has 0 aliphatic carbocycles. The van der Waals surface area contributed by atoms with Crippen LogP contribution in [0.25, 0.3) is 32.6 Å². The van der Waals surface area contributed by atoms with Crippen molar-refractivity contribution < 1.29 is 14.6 Å². The van der Waals surface area contributed by atoms with Crippen LogP contribution in [-0.2, 0) is 16.2 Å². The van der Waals surface area contributed by atoms with E-state index in [9.17, 15) is 4.79 Å². The first-order valence-electron chi connectivity index (χ1n) is 10.8. The van der Waals surface area contributed by atoms with E-state index in [4.69, 9.17) is 14.8 Å². The molecule has 1 heterocycles. The van der Waals surface area contributed by atoms with E-state index in [1.54, 1.807) is 0 Å². The van der Waals surface area contributed by atoms with Gasteiger partial charge in [-0.3, -0.25) is 4.89 Å². The molecule has 0 atom stereocenters. The highest BCUT2D eigenvalue weighted by molar-refractivity contribution is 6.18. The molecule has 0 fully saturated rings. The zero-order chi connectivity index (χ0) is 22.7. The van der Waals surface area contributed by atoms with Gasteiger partial charge in [0.25, 0.3) is 0 Å². The van der Waals surface area contributed by atoms with Crippen LogP contribution in [0.4, 0.5) is 0 Å². The van der Waals surface area contributed by atoms with Gasteiger partial charge in [0.2, 0.25) is 0 Å². The van der Waals surface area contributed by atoms with E-state index in [0.29, 0.717) is 18.7 Å². The van der Waals surface area contributed by atoms with Gasteiger partial charge in [-0.2, -0.15) is 4.89 Å². The maximum atomic E-state index is 13.3. The number of likely N-dealkylation sites (N-methyl/N-ethyl adjacent to an activating group) is 2. The first kappa shape index (κ1) is 22.1. The summed E-state index contributed by atoms with van der Waals surface area (Å²) in [6.07, 6.45) is 0.784. The third-order valence-corrected chi connectivity index (χ3v) is 5.57. The minimum absolute atomic E-state index is 0.302. The Morgan fingerprint density at radius 1 is 0.875 bits per heavy atom. The average Bonchev–Trinajstić information content (AvgIpc) is 2.77. The van der Waals surface area contributed by atoms with Crippen molar-refractivity contribution in [2.45, 2.75) is 6.42 Å². The molecule has 0 aliphatic rings. The highest BCUT2D eigenvalue weighted by atomic mass is 17.2. The number of carbonyl (C=O) groups is 1. The van der Waals surface area contributed by atoms with Gasteiger partial charge >= 0.3 is 5.97 Å². The Balaban J connectivity index is 1.93. The quantitative estimate of drug-likeness (QED) is 0.180. The normalized spacial score (nSPS) is 11.8. The van der Waals surface area contributed by atoms with Gasteiger partial charge in [-0.25, -0.2) is 9.78 Å². The molecule has 0 saturated heterocycles. The summed E-state index contributed by atoms with van der Waals surface area (Å²) in [6, 6.07) is 18.0. The first-order chi connectivity index (χ1) is 15.5. The summed E-state index contributed by atoms with van der Waals surface area (Å²) in [5.41, 5.74) is 3.16. The summed E-state index contributed by atoms with van der Waals surface area (Å²) in [5, 5.41) is 3.84. The smallest absolute Gasteiger partial charge is 0.309 e. The fourth-order valence-electron chi connectivity index (χ4n) is 3.98. The van der Waals surface area contributed by atoms with Gasteiger partial charge in [0.15, 0.2) is 0 Å². The summed E-state index contributed by atoms with van der Waals surface area (Å²) in [7, 11) is 7.98. The van der Waals surface area contributed by atoms with Crippen molar-refractivity contribution in [1.29, 1.82) is 0 Å². The van der Waals surface area contributed by atoms with Crippen LogP contribution in [0.5, 0.6) is 0 Å². The van der Waals surface area contributed by atoms with E-state index in [2.05, 4.69) is 37.2 Å². The Morgan fingerprint density at radius 3 is 2.31 bits per heavy atom. The van der Waals surface area contributed by atoms with Gasteiger partial charge < -0.3 is 9.80 Å². The number of fused-ring (bicyclic) bond motifs is 3. The SMILES string of the molecule is CN(C)CCOOC(=O)c1c2ccccc2nc2cc3ccccc3c(CCN(C)C)c12. The number of rotatable bonds is 8. The average molecular weight is 432 g/mol. The van der Waals surface area contributed by atoms with Gasteiger partial charge in [-0.05, 0) is 63.1 Å². The lowest BCUT2D eigenvalue weighted by molar-refractivity contribution is -0.241. The van der Waals surface area contributed by atoms with Crippen LogP contribution in [0.1, 0.15) is 15.9 Å². The van der Waals surface area contributed by atoms with Crippen LogP contribution in [0, 0.1) is 0 Å². The number of hydrogen-bond donors (Lipinski definition) is 0. The topological polar surface area (TPSA) is 54.9 Å². The molecular formula is C26H29N3O3.